The molecule has 0 radical (unpaired) electrons. The van der Waals surface area contributed by atoms with Crippen molar-refractivity contribution in [2.75, 3.05) is 13.1 Å². The Kier molecular flexibility index (Phi) is 4.31. The largest absolute Gasteiger partial charge is 0.465 e. The van der Waals surface area contributed by atoms with Gasteiger partial charge < -0.3 is 10.0 Å². The molecule has 2 aromatic rings. The number of piperidine rings is 1. The van der Waals surface area contributed by atoms with Crippen molar-refractivity contribution < 1.29 is 23.1 Å². The molecule has 0 unspecified atom stereocenters. The SMILES string of the molecule is Cc1cc([C@@]23C[C@@H]2CCN(C(=O)O)C3)n2nc([C@H]3CC[C@H](C(F)(F)F)CC3)cc2n1. The lowest BCUT2D eigenvalue weighted by atomic mass is 9.80. The van der Waals surface area contributed by atoms with Gasteiger partial charge in [-0.3, -0.25) is 0 Å². The normalized spacial score (nSPS) is 31.6. The van der Waals surface area contributed by atoms with Crippen LogP contribution in [0.25, 0.3) is 5.65 Å². The number of likely N-dealkylation sites (tertiary alicyclic amines) is 1. The Hall–Kier alpha value is -2.32. The van der Waals surface area contributed by atoms with Crippen molar-refractivity contribution in [3.05, 3.63) is 29.2 Å². The Bertz CT molecular complexity index is 996. The third-order valence-electron chi connectivity index (χ3n) is 7.42. The molecule has 0 aromatic carbocycles. The van der Waals surface area contributed by atoms with Crippen LogP contribution in [0.15, 0.2) is 12.1 Å². The summed E-state index contributed by atoms with van der Waals surface area (Å²) in [6.07, 6.45) is -2.02. The van der Waals surface area contributed by atoms with E-state index in [4.69, 9.17) is 5.10 Å². The third-order valence-corrected chi connectivity index (χ3v) is 7.42. The smallest absolute Gasteiger partial charge is 0.407 e. The van der Waals surface area contributed by atoms with Crippen LogP contribution in [0, 0.1) is 18.8 Å². The second-order valence-electron chi connectivity index (χ2n) is 9.26. The molecule has 0 spiro atoms. The maximum absolute atomic E-state index is 13.0. The number of aromatic nitrogens is 3. The average Bonchev–Trinajstić information content (AvgIpc) is 3.29. The molecule has 6 nitrogen and oxygen atoms in total. The molecule has 9 heteroatoms. The van der Waals surface area contributed by atoms with E-state index in [-0.39, 0.29) is 24.2 Å². The van der Waals surface area contributed by atoms with E-state index in [0.717, 1.165) is 29.9 Å². The molecule has 1 saturated heterocycles. The average molecular weight is 422 g/mol. The van der Waals surface area contributed by atoms with Crippen LogP contribution in [0.5, 0.6) is 0 Å². The molecular formula is C21H25F3N4O2. The number of nitrogens with zero attached hydrogens (tertiary/aromatic N) is 4. The van der Waals surface area contributed by atoms with Crippen molar-refractivity contribution in [1.29, 1.82) is 0 Å². The van der Waals surface area contributed by atoms with Crippen LogP contribution in [0.4, 0.5) is 18.0 Å². The van der Waals surface area contributed by atoms with Gasteiger partial charge in [-0.05, 0) is 57.4 Å². The van der Waals surface area contributed by atoms with Gasteiger partial charge in [-0.2, -0.15) is 18.3 Å². The first-order valence-corrected chi connectivity index (χ1v) is 10.6. The second kappa shape index (κ2) is 6.59. The first-order valence-electron chi connectivity index (χ1n) is 10.6. The first kappa shape index (κ1) is 19.6. The molecular weight excluding hydrogens is 397 g/mol. The van der Waals surface area contributed by atoms with E-state index in [2.05, 4.69) is 4.98 Å². The van der Waals surface area contributed by atoms with Crippen LogP contribution in [-0.2, 0) is 5.41 Å². The minimum atomic E-state index is -4.12. The number of aryl methyl sites for hydroxylation is 1. The van der Waals surface area contributed by atoms with Gasteiger partial charge in [0.05, 0.1) is 17.3 Å². The summed E-state index contributed by atoms with van der Waals surface area (Å²) in [6, 6.07) is 3.90. The number of amides is 1. The number of halogens is 3. The Morgan fingerprint density at radius 1 is 1.20 bits per heavy atom. The van der Waals surface area contributed by atoms with Gasteiger partial charge in [0.1, 0.15) is 0 Å². The van der Waals surface area contributed by atoms with Crippen LogP contribution in [-0.4, -0.2) is 50.0 Å². The zero-order valence-corrected chi connectivity index (χ0v) is 16.8. The van der Waals surface area contributed by atoms with E-state index in [1.165, 1.54) is 4.90 Å². The Balaban J connectivity index is 1.46. The summed E-state index contributed by atoms with van der Waals surface area (Å²) in [5.41, 5.74) is 3.09. The van der Waals surface area contributed by atoms with Gasteiger partial charge in [0.15, 0.2) is 5.65 Å². The summed E-state index contributed by atoms with van der Waals surface area (Å²) in [5, 5.41) is 14.3. The quantitative estimate of drug-likeness (QED) is 0.773. The van der Waals surface area contributed by atoms with Crippen molar-refractivity contribution in [1.82, 2.24) is 19.5 Å². The fourth-order valence-electron chi connectivity index (χ4n) is 5.63. The minimum Gasteiger partial charge on any atom is -0.465 e. The van der Waals surface area contributed by atoms with Gasteiger partial charge in [0.25, 0.3) is 0 Å². The minimum absolute atomic E-state index is 0.00725. The van der Waals surface area contributed by atoms with Crippen molar-refractivity contribution >= 4 is 11.7 Å². The zero-order valence-electron chi connectivity index (χ0n) is 16.8. The molecule has 1 N–H and O–H groups in total. The predicted molar refractivity (Wildman–Crippen MR) is 102 cm³/mol. The lowest BCUT2D eigenvalue weighted by molar-refractivity contribution is -0.182. The van der Waals surface area contributed by atoms with Crippen LogP contribution >= 0.6 is 0 Å². The van der Waals surface area contributed by atoms with E-state index < -0.39 is 18.2 Å². The van der Waals surface area contributed by atoms with Crippen molar-refractivity contribution in [3.63, 3.8) is 0 Å². The molecule has 1 aliphatic heterocycles. The Morgan fingerprint density at radius 3 is 2.60 bits per heavy atom. The monoisotopic (exact) mass is 422 g/mol. The maximum atomic E-state index is 13.0. The van der Waals surface area contributed by atoms with Crippen molar-refractivity contribution in [2.45, 2.75) is 63.0 Å². The summed E-state index contributed by atoms with van der Waals surface area (Å²) < 4.78 is 40.8. The molecule has 3 aliphatic rings. The topological polar surface area (TPSA) is 70.7 Å². The van der Waals surface area contributed by atoms with Gasteiger partial charge in [0.2, 0.25) is 0 Å². The summed E-state index contributed by atoms with van der Waals surface area (Å²) in [4.78, 5) is 17.6. The molecule has 2 aliphatic carbocycles. The van der Waals surface area contributed by atoms with Gasteiger partial charge >= 0.3 is 12.3 Å². The molecule has 2 atom stereocenters. The standard InChI is InChI=1S/C21H25F3N4O2/c1-12-8-17(20-10-15(20)6-7-27(11-20)19(29)30)28-18(25-12)9-16(26-28)13-2-4-14(5-3-13)21(22,23)24/h8-9,13-15H,2-7,10-11H2,1H3,(H,29,30)/t13-,14-,15-,20+/m0/s1. The van der Waals surface area contributed by atoms with Gasteiger partial charge in [-0.25, -0.2) is 14.3 Å². The molecule has 162 valence electrons. The number of hydrogen-bond acceptors (Lipinski definition) is 3. The van der Waals surface area contributed by atoms with E-state index in [0.29, 0.717) is 37.5 Å². The summed E-state index contributed by atoms with van der Waals surface area (Å²) in [7, 11) is 0. The highest BCUT2D eigenvalue weighted by Gasteiger charge is 2.60. The van der Waals surface area contributed by atoms with Gasteiger partial charge in [-0.15, -0.1) is 0 Å². The predicted octanol–water partition coefficient (Wildman–Crippen LogP) is 4.52. The highest BCUT2D eigenvalue weighted by Crippen LogP contribution is 2.58. The molecule has 5 rings (SSSR count). The fraction of sp³-hybridized carbons (Fsp3) is 0.667. The first-order chi connectivity index (χ1) is 14.2. The highest BCUT2D eigenvalue weighted by molar-refractivity contribution is 5.66. The molecule has 3 fully saturated rings. The molecule has 3 heterocycles. The zero-order chi connectivity index (χ0) is 21.3. The number of fused-ring (bicyclic) bond motifs is 2. The maximum Gasteiger partial charge on any atom is 0.407 e. The molecule has 30 heavy (non-hydrogen) atoms. The highest BCUT2D eigenvalue weighted by atomic mass is 19.4. The second-order valence-corrected chi connectivity index (χ2v) is 9.26. The molecule has 0 bridgehead atoms. The van der Waals surface area contributed by atoms with E-state index >= 15 is 0 Å². The Morgan fingerprint density at radius 2 is 1.93 bits per heavy atom. The summed E-state index contributed by atoms with van der Waals surface area (Å²) in [5.74, 6) is -0.766. The summed E-state index contributed by atoms with van der Waals surface area (Å²) in [6.45, 7) is 2.93. The van der Waals surface area contributed by atoms with E-state index in [1.807, 2.05) is 23.6 Å². The van der Waals surface area contributed by atoms with Crippen LogP contribution in [0.3, 0.4) is 0 Å². The van der Waals surface area contributed by atoms with Crippen molar-refractivity contribution in [2.24, 2.45) is 11.8 Å². The van der Waals surface area contributed by atoms with E-state index in [1.54, 1.807) is 0 Å². The molecule has 1 amide bonds. The fourth-order valence-corrected chi connectivity index (χ4v) is 5.63. The van der Waals surface area contributed by atoms with Crippen molar-refractivity contribution in [3.8, 4) is 0 Å². The number of alkyl halides is 3. The van der Waals surface area contributed by atoms with Crippen LogP contribution in [0.2, 0.25) is 0 Å². The third kappa shape index (κ3) is 3.13. The number of carboxylic acid groups (broad SMARTS) is 1. The molecule has 2 aromatic heterocycles. The van der Waals surface area contributed by atoms with Crippen LogP contribution < -0.4 is 0 Å². The van der Waals surface area contributed by atoms with Gasteiger partial charge in [-0.1, -0.05) is 0 Å². The number of carbonyl (C=O) groups is 1. The number of rotatable bonds is 2. The lowest BCUT2D eigenvalue weighted by Gasteiger charge is -2.31. The number of hydrogen-bond donors (Lipinski definition) is 1. The van der Waals surface area contributed by atoms with Gasteiger partial charge in [0, 0.05) is 36.2 Å². The summed E-state index contributed by atoms with van der Waals surface area (Å²) >= 11 is 0. The lowest BCUT2D eigenvalue weighted by Crippen LogP contribution is -2.42. The molecule has 2 saturated carbocycles. The van der Waals surface area contributed by atoms with E-state index in [9.17, 15) is 23.1 Å². The van der Waals surface area contributed by atoms with Crippen LogP contribution in [0.1, 0.15) is 61.5 Å². The Labute approximate surface area is 172 Å².